The Labute approximate surface area is 173 Å². The van der Waals surface area contributed by atoms with Crippen LogP contribution in [0.1, 0.15) is 104 Å². The van der Waals surface area contributed by atoms with Gasteiger partial charge in [0, 0.05) is 11.5 Å². The van der Waals surface area contributed by atoms with Crippen LogP contribution in [-0.4, -0.2) is 11.9 Å². The van der Waals surface area contributed by atoms with Crippen LogP contribution in [0.4, 0.5) is 0 Å². The van der Waals surface area contributed by atoms with Crippen molar-refractivity contribution in [3.8, 4) is 0 Å². The van der Waals surface area contributed by atoms with Crippen molar-refractivity contribution in [1.29, 1.82) is 0 Å². The summed E-state index contributed by atoms with van der Waals surface area (Å²) in [5, 5.41) is 3.52. The number of carbonyl (C=O) groups is 1. The summed E-state index contributed by atoms with van der Waals surface area (Å²) in [6, 6.07) is 0.436. The number of rotatable bonds is 3. The van der Waals surface area contributed by atoms with Crippen LogP contribution in [0.25, 0.3) is 0 Å². The largest absolute Gasteiger partial charge is 0.353 e. The molecule has 0 aromatic rings. The average molecular weight is 386 g/mol. The molecular formula is C26H43NO. The molecule has 0 aromatic heterocycles. The quantitative estimate of drug-likeness (QED) is 0.541. The van der Waals surface area contributed by atoms with Crippen molar-refractivity contribution in [3.05, 3.63) is 12.7 Å². The Balaban J connectivity index is 1.53. The van der Waals surface area contributed by atoms with Crippen LogP contribution in [0.2, 0.25) is 0 Å². The fourth-order valence-electron chi connectivity index (χ4n) is 8.18. The number of amides is 1. The van der Waals surface area contributed by atoms with Gasteiger partial charge in [0.25, 0.3) is 0 Å². The lowest BCUT2D eigenvalue weighted by atomic mass is 9.43. The molecular weight excluding hydrogens is 342 g/mol. The smallest absolute Gasteiger partial charge is 0.226 e. The van der Waals surface area contributed by atoms with Gasteiger partial charge in [0.2, 0.25) is 5.91 Å². The molecule has 1 N–H and O–H groups in total. The van der Waals surface area contributed by atoms with E-state index >= 15 is 0 Å². The zero-order valence-corrected chi connectivity index (χ0v) is 18.7. The van der Waals surface area contributed by atoms with Gasteiger partial charge < -0.3 is 5.32 Å². The highest BCUT2D eigenvalue weighted by Gasteiger charge is 2.59. The maximum atomic E-state index is 13.6. The molecule has 28 heavy (non-hydrogen) atoms. The summed E-state index contributed by atoms with van der Waals surface area (Å²) in [6.45, 7) is 11.4. The molecule has 6 atom stereocenters. The Hall–Kier alpha value is -0.790. The molecule has 1 amide bonds. The molecule has 2 nitrogen and oxygen atoms in total. The predicted molar refractivity (Wildman–Crippen MR) is 117 cm³/mol. The first kappa shape index (κ1) is 20.5. The highest BCUT2D eigenvalue weighted by atomic mass is 16.2. The second-order valence-electron chi connectivity index (χ2n) is 11.7. The normalized spacial score (nSPS) is 46.9. The van der Waals surface area contributed by atoms with Gasteiger partial charge in [-0.05, 0) is 86.4 Å². The summed E-state index contributed by atoms with van der Waals surface area (Å²) in [5.74, 6) is 2.59. The van der Waals surface area contributed by atoms with Gasteiger partial charge in [0.1, 0.15) is 0 Å². The van der Waals surface area contributed by atoms with Crippen molar-refractivity contribution >= 4 is 5.91 Å². The molecule has 0 spiro atoms. The summed E-state index contributed by atoms with van der Waals surface area (Å²) in [5.41, 5.74) is 0.525. The van der Waals surface area contributed by atoms with E-state index in [0.29, 0.717) is 28.7 Å². The van der Waals surface area contributed by atoms with E-state index in [1.165, 1.54) is 77.0 Å². The van der Waals surface area contributed by atoms with Gasteiger partial charge in [0.05, 0.1) is 0 Å². The fraction of sp³-hybridized carbons (Fsp3) is 0.885. The minimum absolute atomic E-state index is 0.158. The monoisotopic (exact) mass is 385 g/mol. The Morgan fingerprint density at radius 3 is 2.39 bits per heavy atom. The minimum Gasteiger partial charge on any atom is -0.353 e. The van der Waals surface area contributed by atoms with Gasteiger partial charge in [-0.15, -0.1) is 6.58 Å². The molecule has 0 saturated heterocycles. The SMILES string of the molecule is C=CC1(C)CCC2C(CCC3C(C)(C(=O)NC4CCCCC4)CCCC23C)C1. The molecule has 158 valence electrons. The van der Waals surface area contributed by atoms with E-state index in [2.05, 4.69) is 38.7 Å². The molecule has 0 radical (unpaired) electrons. The van der Waals surface area contributed by atoms with Crippen LogP contribution in [0.3, 0.4) is 0 Å². The van der Waals surface area contributed by atoms with Gasteiger partial charge in [-0.1, -0.05) is 52.5 Å². The van der Waals surface area contributed by atoms with E-state index in [9.17, 15) is 4.79 Å². The molecule has 0 bridgehead atoms. The van der Waals surface area contributed by atoms with Gasteiger partial charge >= 0.3 is 0 Å². The summed E-state index contributed by atoms with van der Waals surface area (Å²) in [6.07, 6.45) is 18.7. The third kappa shape index (κ3) is 3.37. The first-order valence-electron chi connectivity index (χ1n) is 12.3. The van der Waals surface area contributed by atoms with Crippen LogP contribution in [-0.2, 0) is 4.79 Å². The van der Waals surface area contributed by atoms with Gasteiger partial charge in [-0.3, -0.25) is 4.79 Å². The summed E-state index contributed by atoms with van der Waals surface area (Å²) < 4.78 is 0. The van der Waals surface area contributed by atoms with E-state index in [1.807, 2.05) is 0 Å². The van der Waals surface area contributed by atoms with Crippen molar-refractivity contribution in [1.82, 2.24) is 5.32 Å². The second-order valence-corrected chi connectivity index (χ2v) is 11.7. The number of fused-ring (bicyclic) bond motifs is 3. The summed E-state index contributed by atoms with van der Waals surface area (Å²) in [4.78, 5) is 13.6. The third-order valence-electron chi connectivity index (χ3n) is 9.93. The number of nitrogens with one attached hydrogen (secondary N) is 1. The van der Waals surface area contributed by atoms with Crippen LogP contribution in [0, 0.1) is 34.0 Å². The van der Waals surface area contributed by atoms with Crippen molar-refractivity contribution in [3.63, 3.8) is 0 Å². The van der Waals surface area contributed by atoms with E-state index in [0.717, 1.165) is 18.3 Å². The van der Waals surface area contributed by atoms with E-state index in [4.69, 9.17) is 0 Å². The van der Waals surface area contributed by atoms with E-state index < -0.39 is 0 Å². The molecule has 6 unspecified atom stereocenters. The van der Waals surface area contributed by atoms with Gasteiger partial charge in [-0.2, -0.15) is 0 Å². The maximum absolute atomic E-state index is 13.6. The van der Waals surface area contributed by atoms with Crippen LogP contribution in [0.15, 0.2) is 12.7 Å². The topological polar surface area (TPSA) is 29.1 Å². The molecule has 0 aromatic carbocycles. The summed E-state index contributed by atoms with van der Waals surface area (Å²) in [7, 11) is 0. The molecule has 4 saturated carbocycles. The van der Waals surface area contributed by atoms with Crippen molar-refractivity contribution in [2.24, 2.45) is 34.0 Å². The van der Waals surface area contributed by atoms with Gasteiger partial charge in [-0.25, -0.2) is 0 Å². The maximum Gasteiger partial charge on any atom is 0.226 e. The predicted octanol–water partition coefficient (Wildman–Crippen LogP) is 6.65. The lowest BCUT2D eigenvalue weighted by Crippen LogP contribution is -2.59. The standard InChI is InChI=1S/C26H43NO/c1-5-24(2)17-14-21-19(18-24)12-13-22-25(21,3)15-9-16-26(22,4)23(28)27-20-10-7-6-8-11-20/h5,19-22H,1,6-18H2,2-4H3,(H,27,28). The second kappa shape index (κ2) is 7.47. The van der Waals surface area contributed by atoms with Crippen molar-refractivity contribution in [2.75, 3.05) is 0 Å². The number of hydrogen-bond acceptors (Lipinski definition) is 1. The Kier molecular flexibility index (Phi) is 5.47. The van der Waals surface area contributed by atoms with Crippen molar-refractivity contribution < 1.29 is 4.79 Å². The molecule has 0 aliphatic heterocycles. The van der Waals surface area contributed by atoms with E-state index in [1.54, 1.807) is 0 Å². The average Bonchev–Trinajstić information content (AvgIpc) is 2.68. The lowest BCUT2D eigenvalue weighted by molar-refractivity contribution is -0.158. The number of carbonyl (C=O) groups excluding carboxylic acids is 1. The minimum atomic E-state index is -0.158. The molecule has 2 heteroatoms. The van der Waals surface area contributed by atoms with Gasteiger partial charge in [0.15, 0.2) is 0 Å². The molecule has 0 heterocycles. The number of allylic oxidation sites excluding steroid dienone is 1. The Bertz CT molecular complexity index is 608. The molecule has 4 aliphatic rings. The fourth-order valence-corrected chi connectivity index (χ4v) is 8.18. The molecule has 4 aliphatic carbocycles. The zero-order chi connectivity index (χ0) is 20.0. The Morgan fingerprint density at radius 1 is 0.929 bits per heavy atom. The Morgan fingerprint density at radius 2 is 1.68 bits per heavy atom. The zero-order valence-electron chi connectivity index (χ0n) is 18.7. The number of hydrogen-bond donors (Lipinski definition) is 1. The van der Waals surface area contributed by atoms with Crippen LogP contribution >= 0.6 is 0 Å². The highest BCUT2D eigenvalue weighted by molar-refractivity contribution is 5.83. The molecule has 4 rings (SSSR count). The first-order chi connectivity index (χ1) is 13.3. The van der Waals surface area contributed by atoms with Crippen LogP contribution < -0.4 is 5.32 Å². The third-order valence-corrected chi connectivity index (χ3v) is 9.93. The first-order valence-corrected chi connectivity index (χ1v) is 12.3. The van der Waals surface area contributed by atoms with Crippen LogP contribution in [0.5, 0.6) is 0 Å². The molecule has 4 fully saturated rings. The van der Waals surface area contributed by atoms with E-state index in [-0.39, 0.29) is 5.41 Å². The summed E-state index contributed by atoms with van der Waals surface area (Å²) >= 11 is 0. The highest BCUT2D eigenvalue weighted by Crippen LogP contribution is 2.65. The van der Waals surface area contributed by atoms with Crippen molar-refractivity contribution in [2.45, 2.75) is 110 Å². The lowest BCUT2D eigenvalue weighted by Gasteiger charge is -2.62.